The van der Waals surface area contributed by atoms with Crippen LogP contribution in [0.3, 0.4) is 0 Å². The fourth-order valence-corrected chi connectivity index (χ4v) is 4.75. The van der Waals surface area contributed by atoms with E-state index in [0.717, 1.165) is 49.4 Å². The van der Waals surface area contributed by atoms with Crippen molar-refractivity contribution in [3.8, 4) is 11.4 Å². The van der Waals surface area contributed by atoms with Gasteiger partial charge in [0.15, 0.2) is 5.82 Å². The van der Waals surface area contributed by atoms with E-state index in [1.165, 1.54) is 11.9 Å². The summed E-state index contributed by atoms with van der Waals surface area (Å²) in [5, 5.41) is 6.73. The van der Waals surface area contributed by atoms with E-state index in [2.05, 4.69) is 20.2 Å². The third-order valence-corrected chi connectivity index (χ3v) is 6.31. The van der Waals surface area contributed by atoms with Crippen molar-refractivity contribution in [1.29, 1.82) is 0 Å². The predicted molar refractivity (Wildman–Crippen MR) is 113 cm³/mol. The van der Waals surface area contributed by atoms with Crippen LogP contribution in [0.2, 0.25) is 0 Å². The molecular weight excluding hydrogens is 378 g/mol. The monoisotopic (exact) mass is 403 g/mol. The van der Waals surface area contributed by atoms with Crippen LogP contribution in [0.15, 0.2) is 36.8 Å². The molecule has 8 nitrogen and oxygen atoms in total. The highest BCUT2D eigenvalue weighted by Gasteiger charge is 2.45. The van der Waals surface area contributed by atoms with Gasteiger partial charge >= 0.3 is 0 Å². The summed E-state index contributed by atoms with van der Waals surface area (Å²) in [4.78, 5) is 30.8. The first-order valence-electron chi connectivity index (χ1n) is 10.3. The van der Waals surface area contributed by atoms with Gasteiger partial charge < -0.3 is 9.80 Å². The van der Waals surface area contributed by atoms with Crippen LogP contribution >= 0.6 is 0 Å². The lowest BCUT2D eigenvalue weighted by atomic mass is 9.77. The number of amides is 1. The fraction of sp³-hybridized carbons (Fsp3) is 0.409. The van der Waals surface area contributed by atoms with Crippen molar-refractivity contribution in [2.75, 3.05) is 32.1 Å². The molecule has 30 heavy (non-hydrogen) atoms. The Kier molecular flexibility index (Phi) is 4.49. The summed E-state index contributed by atoms with van der Waals surface area (Å²) in [5.74, 6) is 1.51. The lowest BCUT2D eigenvalue weighted by Gasteiger charge is -2.40. The van der Waals surface area contributed by atoms with Crippen LogP contribution < -0.4 is 4.90 Å². The molecule has 1 aliphatic carbocycles. The zero-order valence-electron chi connectivity index (χ0n) is 17.3. The van der Waals surface area contributed by atoms with Gasteiger partial charge in [-0.2, -0.15) is 5.10 Å². The summed E-state index contributed by atoms with van der Waals surface area (Å²) < 4.78 is 0. The van der Waals surface area contributed by atoms with Crippen molar-refractivity contribution in [2.45, 2.75) is 31.1 Å². The van der Waals surface area contributed by atoms with Crippen LogP contribution in [0.4, 0.5) is 5.95 Å². The molecule has 1 aromatic carbocycles. The number of hydrogen-bond donors (Lipinski definition) is 1. The maximum atomic E-state index is 13.3. The van der Waals surface area contributed by atoms with Crippen molar-refractivity contribution < 1.29 is 4.79 Å². The van der Waals surface area contributed by atoms with E-state index >= 15 is 0 Å². The minimum Gasteiger partial charge on any atom is -0.347 e. The average Bonchev–Trinajstić information content (AvgIpc) is 3.43. The van der Waals surface area contributed by atoms with Gasteiger partial charge in [-0.3, -0.25) is 9.89 Å². The summed E-state index contributed by atoms with van der Waals surface area (Å²) in [5.41, 5.74) is 3.92. The fourth-order valence-electron chi connectivity index (χ4n) is 4.75. The first-order chi connectivity index (χ1) is 14.6. The molecule has 2 aliphatic rings. The van der Waals surface area contributed by atoms with Crippen LogP contribution in [-0.2, 0) is 11.8 Å². The minimum absolute atomic E-state index is 0.0588. The van der Waals surface area contributed by atoms with Gasteiger partial charge in [-0.15, -0.1) is 0 Å². The van der Waals surface area contributed by atoms with E-state index in [4.69, 9.17) is 4.98 Å². The Morgan fingerprint density at radius 1 is 1.17 bits per heavy atom. The maximum Gasteiger partial charge on any atom is 0.253 e. The van der Waals surface area contributed by atoms with E-state index < -0.39 is 0 Å². The average molecular weight is 403 g/mol. The summed E-state index contributed by atoms with van der Waals surface area (Å²) in [6, 6.07) is 7.57. The third-order valence-electron chi connectivity index (χ3n) is 6.31. The molecule has 2 aromatic heterocycles. The second kappa shape index (κ2) is 7.19. The lowest BCUT2D eigenvalue weighted by molar-refractivity contribution is 0.0633. The topological polar surface area (TPSA) is 90.9 Å². The van der Waals surface area contributed by atoms with Crippen LogP contribution in [0.5, 0.6) is 0 Å². The van der Waals surface area contributed by atoms with Crippen LogP contribution in [0.1, 0.15) is 40.9 Å². The van der Waals surface area contributed by atoms with Crippen LogP contribution in [0, 0.1) is 0 Å². The molecular formula is C22H25N7O. The van der Waals surface area contributed by atoms with Gasteiger partial charge in [-0.25, -0.2) is 15.0 Å². The number of fused-ring (bicyclic) bond motifs is 2. The third kappa shape index (κ3) is 3.12. The Bertz CT molecular complexity index is 1060. The van der Waals surface area contributed by atoms with E-state index in [1.54, 1.807) is 0 Å². The number of anilines is 1. The van der Waals surface area contributed by atoms with Crippen molar-refractivity contribution in [3.05, 3.63) is 53.6 Å². The Morgan fingerprint density at radius 3 is 2.73 bits per heavy atom. The summed E-state index contributed by atoms with van der Waals surface area (Å²) in [7, 11) is 3.92. The molecule has 1 N–H and O–H groups in total. The van der Waals surface area contributed by atoms with E-state index in [-0.39, 0.29) is 11.3 Å². The number of aryl methyl sites for hydroxylation is 1. The van der Waals surface area contributed by atoms with E-state index in [1.807, 2.05) is 54.4 Å². The number of likely N-dealkylation sites (tertiary alicyclic amines) is 1. The molecule has 1 aliphatic heterocycles. The number of nitrogens with zero attached hydrogens (tertiary/aromatic N) is 6. The standard InChI is InChI=1S/C22H25N7O/c1-28(2)21-23-12-17-8-10-22(18(17)26-21)9-3-11-29(13-22)20(30)16-6-4-15(5-7-16)19-24-14-25-27-19/h4-7,12,14H,3,8-11,13H2,1-2H3,(H,24,25,27). The normalized spacial score (nSPS) is 20.4. The number of rotatable bonds is 3. The summed E-state index contributed by atoms with van der Waals surface area (Å²) in [6.45, 7) is 1.50. The van der Waals surface area contributed by atoms with Crippen molar-refractivity contribution in [1.82, 2.24) is 30.0 Å². The molecule has 0 radical (unpaired) electrons. The number of aromatic amines is 1. The number of benzene rings is 1. The molecule has 1 spiro atoms. The lowest BCUT2D eigenvalue weighted by Crippen LogP contribution is -2.48. The van der Waals surface area contributed by atoms with Gasteiger partial charge in [0.25, 0.3) is 5.91 Å². The smallest absolute Gasteiger partial charge is 0.253 e. The maximum absolute atomic E-state index is 13.3. The van der Waals surface area contributed by atoms with Gasteiger partial charge in [0.2, 0.25) is 5.95 Å². The highest BCUT2D eigenvalue weighted by Crippen LogP contribution is 2.44. The molecule has 1 saturated heterocycles. The van der Waals surface area contributed by atoms with Gasteiger partial charge in [0.1, 0.15) is 6.33 Å². The zero-order chi connectivity index (χ0) is 20.7. The Hall–Kier alpha value is -3.29. The molecule has 1 fully saturated rings. The number of carbonyl (C=O) groups excluding carboxylic acids is 1. The van der Waals surface area contributed by atoms with Crippen LogP contribution in [0.25, 0.3) is 11.4 Å². The molecule has 3 aromatic rings. The van der Waals surface area contributed by atoms with Gasteiger partial charge in [-0.05, 0) is 43.4 Å². The van der Waals surface area contributed by atoms with Gasteiger partial charge in [0.05, 0.1) is 5.69 Å². The van der Waals surface area contributed by atoms with Crippen molar-refractivity contribution in [2.24, 2.45) is 0 Å². The number of nitrogens with one attached hydrogen (secondary N) is 1. The second-order valence-electron chi connectivity index (χ2n) is 8.46. The summed E-state index contributed by atoms with van der Waals surface area (Å²) >= 11 is 0. The first-order valence-corrected chi connectivity index (χ1v) is 10.3. The zero-order valence-corrected chi connectivity index (χ0v) is 17.3. The highest BCUT2D eigenvalue weighted by atomic mass is 16.2. The SMILES string of the molecule is CN(C)c1ncc2c(n1)C1(CCCN(C(=O)c3ccc(-c4ncn[nH]4)cc3)C1)CC2. The predicted octanol–water partition coefficient (Wildman–Crippen LogP) is 2.45. The summed E-state index contributed by atoms with van der Waals surface area (Å²) in [6.07, 6.45) is 7.52. The number of carbonyl (C=O) groups is 1. The van der Waals surface area contributed by atoms with Gasteiger partial charge in [-0.1, -0.05) is 12.1 Å². The quantitative estimate of drug-likeness (QED) is 0.722. The molecule has 3 heterocycles. The Labute approximate surface area is 175 Å². The van der Waals surface area contributed by atoms with E-state index in [0.29, 0.717) is 17.9 Å². The molecule has 0 saturated carbocycles. The number of hydrogen-bond acceptors (Lipinski definition) is 6. The number of piperidine rings is 1. The molecule has 154 valence electrons. The molecule has 1 unspecified atom stereocenters. The Morgan fingerprint density at radius 2 is 2.00 bits per heavy atom. The van der Waals surface area contributed by atoms with Crippen LogP contribution in [-0.4, -0.2) is 63.1 Å². The largest absolute Gasteiger partial charge is 0.347 e. The first kappa shape index (κ1) is 18.7. The van der Waals surface area contributed by atoms with Gasteiger partial charge in [0, 0.05) is 49.9 Å². The molecule has 0 bridgehead atoms. The minimum atomic E-state index is -0.0588. The highest BCUT2D eigenvalue weighted by molar-refractivity contribution is 5.94. The Balaban J connectivity index is 1.39. The molecule has 1 amide bonds. The second-order valence-corrected chi connectivity index (χ2v) is 8.46. The van der Waals surface area contributed by atoms with Crippen molar-refractivity contribution in [3.63, 3.8) is 0 Å². The number of aromatic nitrogens is 5. The van der Waals surface area contributed by atoms with Crippen molar-refractivity contribution >= 4 is 11.9 Å². The molecule has 5 rings (SSSR count). The molecule has 1 atom stereocenters. The molecule has 8 heteroatoms. The van der Waals surface area contributed by atoms with E-state index in [9.17, 15) is 4.79 Å². The number of H-pyrrole nitrogens is 1.